The Balaban J connectivity index is 2.42. The Kier molecular flexibility index (Phi) is 2.28. The maximum absolute atomic E-state index is 5.87. The van der Waals surface area contributed by atoms with Crippen molar-refractivity contribution in [2.45, 2.75) is 20.0 Å². The van der Waals surface area contributed by atoms with Gasteiger partial charge in [0.05, 0.1) is 5.76 Å². The lowest BCUT2D eigenvalue weighted by molar-refractivity contribution is 0.190. The zero-order chi connectivity index (χ0) is 9.26. The standard InChI is InChI=1S/C11H11ClO/c1-2-11-6-8-3-4-10(12)5-9(8)7-13-11/h3-6H,2,7H2,1H3. The van der Waals surface area contributed by atoms with Crippen LogP contribution in [0.5, 0.6) is 0 Å². The lowest BCUT2D eigenvalue weighted by Gasteiger charge is -2.17. The molecule has 1 nitrogen and oxygen atoms in total. The van der Waals surface area contributed by atoms with Crippen molar-refractivity contribution in [1.82, 2.24) is 0 Å². The molecule has 0 amide bonds. The van der Waals surface area contributed by atoms with Crippen LogP contribution in [-0.4, -0.2) is 0 Å². The number of benzene rings is 1. The molecule has 0 spiro atoms. The molecule has 68 valence electrons. The molecule has 1 aromatic rings. The molecule has 0 aromatic heterocycles. The molecule has 1 aromatic carbocycles. The van der Waals surface area contributed by atoms with E-state index in [1.807, 2.05) is 18.2 Å². The molecule has 0 atom stereocenters. The highest BCUT2D eigenvalue weighted by atomic mass is 35.5. The summed E-state index contributed by atoms with van der Waals surface area (Å²) in [5, 5.41) is 0.774. The van der Waals surface area contributed by atoms with Gasteiger partial charge >= 0.3 is 0 Å². The van der Waals surface area contributed by atoms with E-state index in [1.165, 1.54) is 11.1 Å². The van der Waals surface area contributed by atoms with Crippen LogP contribution in [0.15, 0.2) is 24.0 Å². The van der Waals surface area contributed by atoms with E-state index >= 15 is 0 Å². The fourth-order valence-corrected chi connectivity index (χ4v) is 1.62. The normalized spacial score (nSPS) is 14.5. The van der Waals surface area contributed by atoms with Crippen LogP contribution in [0, 0.1) is 0 Å². The highest BCUT2D eigenvalue weighted by molar-refractivity contribution is 6.30. The first-order valence-electron chi connectivity index (χ1n) is 4.41. The van der Waals surface area contributed by atoms with E-state index in [9.17, 15) is 0 Å². The Morgan fingerprint density at radius 1 is 1.46 bits per heavy atom. The zero-order valence-corrected chi connectivity index (χ0v) is 8.27. The molecule has 0 radical (unpaired) electrons. The molecule has 2 rings (SSSR count). The summed E-state index contributed by atoms with van der Waals surface area (Å²) in [6, 6.07) is 5.91. The molecule has 1 heterocycles. The average Bonchev–Trinajstić information content (AvgIpc) is 2.17. The third-order valence-corrected chi connectivity index (χ3v) is 2.42. The van der Waals surface area contributed by atoms with Gasteiger partial charge in [-0.1, -0.05) is 24.6 Å². The predicted octanol–water partition coefficient (Wildman–Crippen LogP) is 3.62. The van der Waals surface area contributed by atoms with Crippen LogP contribution in [-0.2, 0) is 11.3 Å². The second-order valence-corrected chi connectivity index (χ2v) is 3.53. The van der Waals surface area contributed by atoms with Gasteiger partial charge in [0, 0.05) is 11.4 Å². The lowest BCUT2D eigenvalue weighted by Crippen LogP contribution is -2.01. The summed E-state index contributed by atoms with van der Waals surface area (Å²) in [5.41, 5.74) is 2.40. The van der Waals surface area contributed by atoms with Crippen LogP contribution in [0.2, 0.25) is 5.02 Å². The third kappa shape index (κ3) is 1.70. The molecule has 0 saturated heterocycles. The second kappa shape index (κ2) is 3.43. The number of ether oxygens (including phenoxy) is 1. The largest absolute Gasteiger partial charge is 0.493 e. The number of halogens is 1. The first kappa shape index (κ1) is 8.64. The van der Waals surface area contributed by atoms with Gasteiger partial charge in [0.1, 0.15) is 6.61 Å². The number of fused-ring (bicyclic) bond motifs is 1. The molecule has 1 aliphatic rings. The number of rotatable bonds is 1. The minimum atomic E-state index is 0.648. The van der Waals surface area contributed by atoms with E-state index in [4.69, 9.17) is 16.3 Å². The van der Waals surface area contributed by atoms with Crippen LogP contribution in [0.1, 0.15) is 24.5 Å². The Morgan fingerprint density at radius 3 is 3.08 bits per heavy atom. The van der Waals surface area contributed by atoms with Crippen LogP contribution >= 0.6 is 11.6 Å². The van der Waals surface area contributed by atoms with Crippen molar-refractivity contribution in [3.63, 3.8) is 0 Å². The van der Waals surface area contributed by atoms with Crippen molar-refractivity contribution < 1.29 is 4.74 Å². The summed E-state index contributed by atoms with van der Waals surface area (Å²) in [6.45, 7) is 2.74. The molecular weight excluding hydrogens is 184 g/mol. The highest BCUT2D eigenvalue weighted by Gasteiger charge is 2.09. The molecule has 2 heteroatoms. The average molecular weight is 195 g/mol. The Hall–Kier alpha value is -0.950. The van der Waals surface area contributed by atoms with Crippen molar-refractivity contribution >= 4 is 17.7 Å². The zero-order valence-electron chi connectivity index (χ0n) is 7.51. The van der Waals surface area contributed by atoms with E-state index in [0.717, 1.165) is 17.2 Å². The number of hydrogen-bond acceptors (Lipinski definition) is 1. The van der Waals surface area contributed by atoms with Gasteiger partial charge in [-0.25, -0.2) is 0 Å². The maximum Gasteiger partial charge on any atom is 0.113 e. The summed E-state index contributed by atoms with van der Waals surface area (Å²) in [4.78, 5) is 0. The van der Waals surface area contributed by atoms with Crippen molar-refractivity contribution in [2.24, 2.45) is 0 Å². The van der Waals surface area contributed by atoms with Crippen molar-refractivity contribution in [2.75, 3.05) is 0 Å². The van der Waals surface area contributed by atoms with Gasteiger partial charge < -0.3 is 4.74 Å². The fourth-order valence-electron chi connectivity index (χ4n) is 1.43. The Bertz CT molecular complexity index is 355. The van der Waals surface area contributed by atoms with Gasteiger partial charge in [-0.3, -0.25) is 0 Å². The number of allylic oxidation sites excluding steroid dienone is 1. The number of hydrogen-bond donors (Lipinski definition) is 0. The quantitative estimate of drug-likeness (QED) is 0.664. The van der Waals surface area contributed by atoms with Crippen LogP contribution < -0.4 is 0 Å². The molecule has 13 heavy (non-hydrogen) atoms. The highest BCUT2D eigenvalue weighted by Crippen LogP contribution is 2.25. The summed E-state index contributed by atoms with van der Waals surface area (Å²) < 4.78 is 5.51. The van der Waals surface area contributed by atoms with Crippen LogP contribution in [0.4, 0.5) is 0 Å². The molecule has 0 fully saturated rings. The van der Waals surface area contributed by atoms with E-state index in [1.54, 1.807) is 0 Å². The van der Waals surface area contributed by atoms with Crippen molar-refractivity contribution in [3.8, 4) is 0 Å². The van der Waals surface area contributed by atoms with Gasteiger partial charge in [-0.2, -0.15) is 0 Å². The molecule has 0 bridgehead atoms. The lowest BCUT2D eigenvalue weighted by atomic mass is 10.1. The van der Waals surface area contributed by atoms with Crippen molar-refractivity contribution in [1.29, 1.82) is 0 Å². The smallest absolute Gasteiger partial charge is 0.113 e. The Morgan fingerprint density at radius 2 is 2.31 bits per heavy atom. The topological polar surface area (TPSA) is 9.23 Å². The molecule has 1 aliphatic heterocycles. The fraction of sp³-hybridized carbons (Fsp3) is 0.273. The minimum absolute atomic E-state index is 0.648. The van der Waals surface area contributed by atoms with E-state index in [-0.39, 0.29) is 0 Å². The molecule has 0 saturated carbocycles. The van der Waals surface area contributed by atoms with Crippen molar-refractivity contribution in [3.05, 3.63) is 40.1 Å². The van der Waals surface area contributed by atoms with Gasteiger partial charge in [0.25, 0.3) is 0 Å². The Labute approximate surface area is 83.0 Å². The first-order valence-corrected chi connectivity index (χ1v) is 4.79. The predicted molar refractivity (Wildman–Crippen MR) is 54.5 cm³/mol. The molecule has 0 aliphatic carbocycles. The third-order valence-electron chi connectivity index (χ3n) is 2.18. The summed E-state index contributed by atoms with van der Waals surface area (Å²) in [7, 11) is 0. The maximum atomic E-state index is 5.87. The minimum Gasteiger partial charge on any atom is -0.493 e. The molecule has 0 unspecified atom stereocenters. The molecular formula is C11H11ClO. The summed E-state index contributed by atoms with van der Waals surface area (Å²) >= 11 is 5.87. The van der Waals surface area contributed by atoms with E-state index < -0.39 is 0 Å². The van der Waals surface area contributed by atoms with Gasteiger partial charge in [-0.05, 0) is 29.3 Å². The van der Waals surface area contributed by atoms with Gasteiger partial charge in [0.15, 0.2) is 0 Å². The summed E-state index contributed by atoms with van der Waals surface area (Å²) in [5.74, 6) is 1.05. The van der Waals surface area contributed by atoms with E-state index in [2.05, 4.69) is 13.0 Å². The summed E-state index contributed by atoms with van der Waals surface area (Å²) in [6.07, 6.45) is 3.03. The van der Waals surface area contributed by atoms with Gasteiger partial charge in [0.2, 0.25) is 0 Å². The van der Waals surface area contributed by atoms with Crippen LogP contribution in [0.3, 0.4) is 0 Å². The van der Waals surface area contributed by atoms with Gasteiger partial charge in [-0.15, -0.1) is 0 Å². The SMILES string of the molecule is CCC1=Cc2ccc(Cl)cc2CO1. The molecule has 0 N–H and O–H groups in total. The van der Waals surface area contributed by atoms with E-state index in [0.29, 0.717) is 6.61 Å². The first-order chi connectivity index (χ1) is 6.29. The second-order valence-electron chi connectivity index (χ2n) is 3.10. The monoisotopic (exact) mass is 194 g/mol. The van der Waals surface area contributed by atoms with Crippen LogP contribution in [0.25, 0.3) is 6.08 Å².